The zero-order valence-corrected chi connectivity index (χ0v) is 32.3. The molecule has 0 saturated carbocycles. The lowest BCUT2D eigenvalue weighted by atomic mass is 9.85. The van der Waals surface area contributed by atoms with E-state index in [1.165, 1.54) is 0 Å². The Morgan fingerprint density at radius 1 is 0.796 bits per heavy atom. The van der Waals surface area contributed by atoms with Crippen LogP contribution in [0.15, 0.2) is 83.7 Å². The standard InChI is InChI=1S/C43H55N5O6/c1-5-6-7-11-22-38(49)53-32-47-37-21-13-12-20-36(37)46(41(47)52)26-15-25-44-27-23-43(24-28-44)40(51)45(31-48(43)35-18-9-8-10-19-35)30-33-16-14-17-34(29-33)39(50)54-42(2,3)4/h8-10,12-14,16-21,29H,5-7,11,15,22-28,30-32H2,1-4H3. The summed E-state index contributed by atoms with van der Waals surface area (Å²) in [6, 6.07) is 25.1. The number of benzene rings is 3. The summed E-state index contributed by atoms with van der Waals surface area (Å²) in [5.74, 6) is -0.550. The topological polar surface area (TPSA) is 106 Å². The molecule has 3 heterocycles. The quantitative estimate of drug-likeness (QED) is 0.0953. The van der Waals surface area contributed by atoms with Gasteiger partial charge >= 0.3 is 17.6 Å². The van der Waals surface area contributed by atoms with E-state index >= 15 is 0 Å². The van der Waals surface area contributed by atoms with Gasteiger partial charge in [-0.15, -0.1) is 0 Å². The Kier molecular flexibility index (Phi) is 12.3. The van der Waals surface area contributed by atoms with E-state index in [1.807, 2.05) is 86.3 Å². The molecule has 1 amide bonds. The van der Waals surface area contributed by atoms with Crippen LogP contribution in [0.25, 0.3) is 11.0 Å². The molecule has 11 nitrogen and oxygen atoms in total. The normalized spacial score (nSPS) is 16.0. The van der Waals surface area contributed by atoms with Crippen molar-refractivity contribution < 1.29 is 23.9 Å². The molecule has 0 bridgehead atoms. The molecule has 3 aromatic carbocycles. The van der Waals surface area contributed by atoms with Crippen LogP contribution in [-0.4, -0.2) is 74.2 Å². The molecule has 54 heavy (non-hydrogen) atoms. The number of piperidine rings is 1. The first kappa shape index (κ1) is 38.8. The maximum Gasteiger partial charge on any atom is 0.338 e. The second kappa shape index (κ2) is 17.1. The monoisotopic (exact) mass is 737 g/mol. The number of aryl methyl sites for hydroxylation is 1. The van der Waals surface area contributed by atoms with Gasteiger partial charge in [0, 0.05) is 38.3 Å². The first-order valence-corrected chi connectivity index (χ1v) is 19.5. The number of rotatable bonds is 15. The lowest BCUT2D eigenvalue weighted by Crippen LogP contribution is -2.56. The molecule has 288 valence electrons. The van der Waals surface area contributed by atoms with E-state index in [0.717, 1.165) is 74.0 Å². The van der Waals surface area contributed by atoms with Crippen LogP contribution in [0.4, 0.5) is 5.69 Å². The Hall–Kier alpha value is -4.90. The maximum atomic E-state index is 14.4. The van der Waals surface area contributed by atoms with Crippen molar-refractivity contribution in [3.63, 3.8) is 0 Å². The van der Waals surface area contributed by atoms with Gasteiger partial charge in [0.1, 0.15) is 11.1 Å². The predicted molar refractivity (Wildman–Crippen MR) is 210 cm³/mol. The molecule has 1 spiro atoms. The molecule has 1 aromatic heterocycles. The Bertz CT molecular complexity index is 1970. The van der Waals surface area contributed by atoms with Gasteiger partial charge in [-0.1, -0.05) is 68.7 Å². The molecule has 0 N–H and O–H groups in total. The third kappa shape index (κ3) is 8.89. The molecule has 6 rings (SSSR count). The number of fused-ring (bicyclic) bond motifs is 1. The van der Waals surface area contributed by atoms with Gasteiger partial charge in [0.25, 0.3) is 0 Å². The van der Waals surface area contributed by atoms with Crippen molar-refractivity contribution in [3.05, 3.63) is 100 Å². The Balaban J connectivity index is 1.09. The summed E-state index contributed by atoms with van der Waals surface area (Å²) in [4.78, 5) is 59.7. The van der Waals surface area contributed by atoms with Gasteiger partial charge in [0.15, 0.2) is 6.73 Å². The van der Waals surface area contributed by atoms with E-state index < -0.39 is 11.1 Å². The van der Waals surface area contributed by atoms with Crippen LogP contribution in [0.5, 0.6) is 0 Å². The minimum atomic E-state index is -0.668. The summed E-state index contributed by atoms with van der Waals surface area (Å²) in [7, 11) is 0. The van der Waals surface area contributed by atoms with Gasteiger partial charge in [-0.05, 0) is 95.0 Å². The van der Waals surface area contributed by atoms with Gasteiger partial charge in [-0.3, -0.25) is 18.7 Å². The van der Waals surface area contributed by atoms with Crippen molar-refractivity contribution in [3.8, 4) is 0 Å². The Morgan fingerprint density at radius 2 is 1.50 bits per heavy atom. The number of imidazole rings is 1. The number of nitrogens with zero attached hydrogens (tertiary/aromatic N) is 5. The molecule has 2 aliphatic rings. The third-order valence-electron chi connectivity index (χ3n) is 10.6. The van der Waals surface area contributed by atoms with E-state index in [2.05, 4.69) is 28.9 Å². The summed E-state index contributed by atoms with van der Waals surface area (Å²) in [5.41, 5.74) is 2.50. The highest BCUT2D eigenvalue weighted by Crippen LogP contribution is 2.40. The number of amides is 1. The second-order valence-electron chi connectivity index (χ2n) is 15.6. The van der Waals surface area contributed by atoms with Crippen molar-refractivity contribution in [2.24, 2.45) is 0 Å². The molecule has 2 aliphatic heterocycles. The number of para-hydroxylation sites is 3. The number of ether oxygens (including phenoxy) is 2. The smallest absolute Gasteiger partial charge is 0.338 e. The number of hydrogen-bond acceptors (Lipinski definition) is 8. The van der Waals surface area contributed by atoms with Crippen molar-refractivity contribution in [2.45, 2.75) is 110 Å². The second-order valence-corrected chi connectivity index (χ2v) is 15.6. The molecule has 11 heteroatoms. The zero-order chi connectivity index (χ0) is 38.3. The zero-order valence-electron chi connectivity index (χ0n) is 32.3. The lowest BCUT2D eigenvalue weighted by Gasteiger charge is -2.43. The number of carbonyl (C=O) groups is 3. The van der Waals surface area contributed by atoms with E-state index in [-0.39, 0.29) is 30.3 Å². The van der Waals surface area contributed by atoms with Gasteiger partial charge in [0.05, 0.1) is 23.3 Å². The van der Waals surface area contributed by atoms with Crippen LogP contribution in [0.2, 0.25) is 0 Å². The Morgan fingerprint density at radius 3 is 2.20 bits per heavy atom. The fourth-order valence-electron chi connectivity index (χ4n) is 7.79. The minimum absolute atomic E-state index is 0.0920. The van der Waals surface area contributed by atoms with E-state index in [4.69, 9.17) is 9.47 Å². The summed E-state index contributed by atoms with van der Waals surface area (Å²) in [6.07, 6.45) is 6.47. The van der Waals surface area contributed by atoms with Crippen molar-refractivity contribution in [1.82, 2.24) is 18.9 Å². The first-order chi connectivity index (χ1) is 26.0. The highest BCUT2D eigenvalue weighted by molar-refractivity contribution is 5.94. The number of unbranched alkanes of at least 4 members (excludes halogenated alkanes) is 3. The SMILES string of the molecule is CCCCCCC(=O)OCn1c(=O)n(CCCN2CCC3(CC2)C(=O)N(Cc2cccc(C(=O)OC(C)(C)C)c2)CN3c2ccccc2)c2ccccc21. The fraction of sp³-hybridized carbons (Fsp3) is 0.488. The molecular formula is C43H55N5O6. The average Bonchev–Trinajstić information content (AvgIpc) is 3.58. The summed E-state index contributed by atoms with van der Waals surface area (Å²) in [5, 5.41) is 0. The number of esters is 2. The van der Waals surface area contributed by atoms with E-state index in [1.54, 1.807) is 15.2 Å². The largest absolute Gasteiger partial charge is 0.456 e. The minimum Gasteiger partial charge on any atom is -0.456 e. The molecule has 4 aromatic rings. The Labute approximate surface area is 318 Å². The number of likely N-dealkylation sites (tertiary alicyclic amines) is 1. The third-order valence-corrected chi connectivity index (χ3v) is 10.6. The number of aromatic nitrogens is 2. The molecule has 0 atom stereocenters. The molecule has 0 radical (unpaired) electrons. The highest BCUT2D eigenvalue weighted by atomic mass is 16.6. The summed E-state index contributed by atoms with van der Waals surface area (Å²) in [6.45, 7) is 11.3. The predicted octanol–water partition coefficient (Wildman–Crippen LogP) is 6.96. The molecule has 2 saturated heterocycles. The number of anilines is 1. The molecule has 0 aliphatic carbocycles. The first-order valence-electron chi connectivity index (χ1n) is 19.5. The van der Waals surface area contributed by atoms with Crippen molar-refractivity contribution in [1.29, 1.82) is 0 Å². The number of hydrogen-bond donors (Lipinski definition) is 0. The molecule has 2 fully saturated rings. The maximum absolute atomic E-state index is 14.4. The van der Waals surface area contributed by atoms with Crippen molar-refractivity contribution in [2.75, 3.05) is 31.2 Å². The van der Waals surface area contributed by atoms with Gasteiger partial charge in [-0.2, -0.15) is 0 Å². The van der Waals surface area contributed by atoms with Crippen LogP contribution < -0.4 is 10.6 Å². The summed E-state index contributed by atoms with van der Waals surface area (Å²) < 4.78 is 14.4. The lowest BCUT2D eigenvalue weighted by molar-refractivity contribution is -0.147. The number of carbonyl (C=O) groups excluding carboxylic acids is 3. The fourth-order valence-corrected chi connectivity index (χ4v) is 7.79. The van der Waals surface area contributed by atoms with Gasteiger partial charge in [-0.25, -0.2) is 9.59 Å². The van der Waals surface area contributed by atoms with Crippen LogP contribution in [0, 0.1) is 0 Å². The van der Waals surface area contributed by atoms with Crippen LogP contribution in [0.3, 0.4) is 0 Å². The van der Waals surface area contributed by atoms with E-state index in [0.29, 0.717) is 44.6 Å². The van der Waals surface area contributed by atoms with Gasteiger partial charge in [0.2, 0.25) is 5.91 Å². The van der Waals surface area contributed by atoms with Crippen molar-refractivity contribution >= 4 is 34.6 Å². The molecular weight excluding hydrogens is 683 g/mol. The highest BCUT2D eigenvalue weighted by Gasteiger charge is 2.53. The molecule has 0 unspecified atom stereocenters. The van der Waals surface area contributed by atoms with Gasteiger partial charge < -0.3 is 24.2 Å². The van der Waals surface area contributed by atoms with E-state index in [9.17, 15) is 19.2 Å². The van der Waals surface area contributed by atoms with Crippen LogP contribution in [-0.2, 0) is 38.9 Å². The average molecular weight is 738 g/mol. The van der Waals surface area contributed by atoms with Crippen LogP contribution >= 0.6 is 0 Å². The van der Waals surface area contributed by atoms with Crippen LogP contribution in [0.1, 0.15) is 95.0 Å². The summed E-state index contributed by atoms with van der Waals surface area (Å²) >= 11 is 0.